The van der Waals surface area contributed by atoms with Crippen molar-refractivity contribution in [1.29, 1.82) is 0 Å². The van der Waals surface area contributed by atoms with E-state index < -0.39 is 16.4 Å². The number of benzene rings is 2. The Morgan fingerprint density at radius 1 is 1.05 bits per heavy atom. The summed E-state index contributed by atoms with van der Waals surface area (Å²) in [6.07, 6.45) is 1.65. The lowest BCUT2D eigenvalue weighted by Gasteiger charge is -2.53. The molecule has 40 heavy (non-hydrogen) atoms. The van der Waals surface area contributed by atoms with Crippen LogP contribution < -0.4 is 4.74 Å². The summed E-state index contributed by atoms with van der Waals surface area (Å²) in [6, 6.07) is 15.6. The summed E-state index contributed by atoms with van der Waals surface area (Å²) < 4.78 is 18.2. The van der Waals surface area contributed by atoms with Gasteiger partial charge in [0.25, 0.3) is 5.91 Å². The van der Waals surface area contributed by atoms with Crippen LogP contribution in [0.3, 0.4) is 0 Å². The zero-order valence-corrected chi connectivity index (χ0v) is 25.5. The van der Waals surface area contributed by atoms with Crippen LogP contribution in [0.5, 0.6) is 5.75 Å². The largest absolute Gasteiger partial charge is 0.497 e. The molecular formula is C33H42ClNO5. The molecule has 7 heteroatoms. The summed E-state index contributed by atoms with van der Waals surface area (Å²) in [4.78, 5) is 29.7. The summed E-state index contributed by atoms with van der Waals surface area (Å²) in [5.41, 5.74) is -0.561. The monoisotopic (exact) mass is 567 g/mol. The Hall–Kier alpha value is -2.57. The number of piperidine rings is 1. The van der Waals surface area contributed by atoms with Gasteiger partial charge in [0, 0.05) is 22.9 Å². The number of hydrogen-bond donors (Lipinski definition) is 0. The number of amides is 1. The van der Waals surface area contributed by atoms with Gasteiger partial charge in [-0.3, -0.25) is 9.59 Å². The van der Waals surface area contributed by atoms with Gasteiger partial charge in [-0.15, -0.1) is 0 Å². The maximum Gasteiger partial charge on any atom is 0.313 e. The Bertz CT molecular complexity index is 1270. The van der Waals surface area contributed by atoms with Crippen molar-refractivity contribution in [2.75, 3.05) is 13.7 Å². The molecule has 0 radical (unpaired) electrons. The van der Waals surface area contributed by atoms with Crippen LogP contribution in [0.4, 0.5) is 0 Å². The second-order valence-corrected chi connectivity index (χ2v) is 14.0. The van der Waals surface area contributed by atoms with Gasteiger partial charge in [0.15, 0.2) is 5.60 Å². The lowest BCUT2D eigenvalue weighted by Crippen LogP contribution is -2.65. The molecule has 2 aromatic rings. The van der Waals surface area contributed by atoms with E-state index in [0.29, 0.717) is 31.0 Å². The normalized spacial score (nSPS) is 31.2. The van der Waals surface area contributed by atoms with E-state index in [9.17, 15) is 9.59 Å². The van der Waals surface area contributed by atoms with Crippen LogP contribution in [0.2, 0.25) is 5.02 Å². The SMILES string of the molecule is COc1ccc(CO[C@H]2C(C(C)(C)C)N(C(=O)[C@@]34CC[C@@](C)(C(=O)O3)C4(C)C)CC[C@@H]2c2ccc(Cl)cc2)cc1. The van der Waals surface area contributed by atoms with Crippen molar-refractivity contribution >= 4 is 23.5 Å². The average molecular weight is 568 g/mol. The maximum absolute atomic E-state index is 14.7. The molecule has 5 atom stereocenters. The van der Waals surface area contributed by atoms with Crippen LogP contribution in [0.1, 0.15) is 77.8 Å². The van der Waals surface area contributed by atoms with Crippen LogP contribution in [0, 0.1) is 16.2 Å². The van der Waals surface area contributed by atoms with Crippen molar-refractivity contribution in [1.82, 2.24) is 4.90 Å². The minimum Gasteiger partial charge on any atom is -0.497 e. The summed E-state index contributed by atoms with van der Waals surface area (Å²) in [5.74, 6) is 0.517. The topological polar surface area (TPSA) is 65.1 Å². The first kappa shape index (κ1) is 28.9. The first-order chi connectivity index (χ1) is 18.7. The first-order valence-electron chi connectivity index (χ1n) is 14.3. The van der Waals surface area contributed by atoms with E-state index in [1.165, 1.54) is 0 Å². The molecule has 0 aromatic heterocycles. The molecule has 216 valence electrons. The highest BCUT2D eigenvalue weighted by Crippen LogP contribution is 2.66. The van der Waals surface area contributed by atoms with E-state index in [1.807, 2.05) is 62.1 Å². The van der Waals surface area contributed by atoms with Crippen LogP contribution in [0.15, 0.2) is 48.5 Å². The molecule has 5 rings (SSSR count). The predicted molar refractivity (Wildman–Crippen MR) is 155 cm³/mol. The summed E-state index contributed by atoms with van der Waals surface area (Å²) in [7, 11) is 1.65. The van der Waals surface area contributed by atoms with E-state index >= 15 is 0 Å². The zero-order valence-electron chi connectivity index (χ0n) is 24.8. The lowest BCUT2D eigenvalue weighted by atomic mass is 9.65. The fourth-order valence-corrected chi connectivity index (χ4v) is 7.43. The van der Waals surface area contributed by atoms with Crippen molar-refractivity contribution in [2.45, 2.75) is 91.1 Å². The molecule has 1 amide bonds. The molecule has 1 aliphatic carbocycles. The quantitative estimate of drug-likeness (QED) is 0.360. The predicted octanol–water partition coefficient (Wildman–Crippen LogP) is 6.79. The van der Waals surface area contributed by atoms with Gasteiger partial charge in [0.1, 0.15) is 5.75 Å². The zero-order chi connectivity index (χ0) is 29.1. The van der Waals surface area contributed by atoms with Gasteiger partial charge in [-0.25, -0.2) is 0 Å². The first-order valence-corrected chi connectivity index (χ1v) is 14.7. The molecular weight excluding hydrogens is 526 g/mol. The second kappa shape index (κ2) is 10.1. The lowest BCUT2D eigenvalue weighted by molar-refractivity contribution is -0.184. The molecule has 2 aliphatic heterocycles. The number of nitrogens with zero attached hydrogens (tertiary/aromatic N) is 1. The van der Waals surface area contributed by atoms with Crippen molar-refractivity contribution < 1.29 is 23.8 Å². The van der Waals surface area contributed by atoms with Crippen molar-refractivity contribution in [3.05, 3.63) is 64.7 Å². The Balaban J connectivity index is 1.52. The highest BCUT2D eigenvalue weighted by atomic mass is 35.5. The van der Waals surface area contributed by atoms with Crippen molar-refractivity contribution in [3.63, 3.8) is 0 Å². The van der Waals surface area contributed by atoms with Gasteiger partial charge in [0.05, 0.1) is 31.3 Å². The molecule has 2 heterocycles. The third kappa shape index (κ3) is 4.42. The molecule has 1 unspecified atom stereocenters. The van der Waals surface area contributed by atoms with Gasteiger partial charge in [-0.2, -0.15) is 0 Å². The van der Waals surface area contributed by atoms with Gasteiger partial charge in [-0.05, 0) is 67.0 Å². The highest BCUT2D eigenvalue weighted by molar-refractivity contribution is 6.30. The molecule has 0 N–H and O–H groups in total. The number of halogens is 1. The van der Waals surface area contributed by atoms with Crippen LogP contribution in [-0.4, -0.2) is 48.2 Å². The fourth-order valence-electron chi connectivity index (χ4n) is 7.31. The maximum atomic E-state index is 14.7. The average Bonchev–Trinajstić information content (AvgIpc) is 3.21. The molecule has 1 saturated carbocycles. The molecule has 6 nitrogen and oxygen atoms in total. The van der Waals surface area contributed by atoms with E-state index in [-0.39, 0.29) is 35.4 Å². The van der Waals surface area contributed by atoms with Crippen LogP contribution in [0.25, 0.3) is 0 Å². The smallest absolute Gasteiger partial charge is 0.313 e. The Labute approximate surface area is 243 Å². The molecule has 2 aromatic carbocycles. The van der Waals surface area contributed by atoms with E-state index in [1.54, 1.807) is 7.11 Å². The van der Waals surface area contributed by atoms with Gasteiger partial charge >= 0.3 is 5.97 Å². The van der Waals surface area contributed by atoms with Gasteiger partial charge < -0.3 is 19.1 Å². The Morgan fingerprint density at radius 2 is 1.70 bits per heavy atom. The minimum absolute atomic E-state index is 0.0641. The Morgan fingerprint density at radius 3 is 2.23 bits per heavy atom. The number of hydrogen-bond acceptors (Lipinski definition) is 5. The number of rotatable bonds is 6. The third-order valence-corrected chi connectivity index (χ3v) is 10.5. The van der Waals surface area contributed by atoms with Crippen LogP contribution in [-0.2, 0) is 25.7 Å². The van der Waals surface area contributed by atoms with E-state index in [4.69, 9.17) is 25.8 Å². The van der Waals surface area contributed by atoms with Crippen molar-refractivity contribution in [3.8, 4) is 5.75 Å². The van der Waals surface area contributed by atoms with Gasteiger partial charge in [-0.1, -0.05) is 70.5 Å². The number of likely N-dealkylation sites (tertiary alicyclic amines) is 1. The van der Waals surface area contributed by atoms with E-state index in [0.717, 1.165) is 23.3 Å². The number of carbonyl (C=O) groups is 2. The summed E-state index contributed by atoms with van der Waals surface area (Å²) >= 11 is 6.24. The fraction of sp³-hybridized carbons (Fsp3) is 0.576. The minimum atomic E-state index is -1.16. The number of ether oxygens (including phenoxy) is 3. The molecule has 2 bridgehead atoms. The summed E-state index contributed by atoms with van der Waals surface area (Å²) in [6.45, 7) is 13.4. The number of esters is 1. The molecule has 3 aliphatic rings. The van der Waals surface area contributed by atoms with Gasteiger partial charge in [0.2, 0.25) is 0 Å². The number of carbonyl (C=O) groups excluding carboxylic acids is 2. The molecule has 0 spiro atoms. The van der Waals surface area contributed by atoms with E-state index in [2.05, 4.69) is 32.9 Å². The summed E-state index contributed by atoms with van der Waals surface area (Å²) in [5, 5.41) is 0.688. The number of fused-ring (bicyclic) bond motifs is 2. The van der Waals surface area contributed by atoms with Crippen LogP contribution >= 0.6 is 11.6 Å². The standard InChI is InChI=1S/C33H42ClNO5/c1-30(2,3)27-26(39-20-21-8-14-24(38-7)15-9-21)25(22-10-12-23(34)13-11-22)16-19-35(27)28(36)33-18-17-32(6,29(37)40-33)31(33,4)5/h8-15,25-27H,16-20H2,1-7H3/t25-,26-,27?,32+,33-/m1/s1. The molecule has 3 fully saturated rings. The third-order valence-electron chi connectivity index (χ3n) is 10.2. The number of methoxy groups -OCH3 is 1. The van der Waals surface area contributed by atoms with Crippen molar-refractivity contribution in [2.24, 2.45) is 16.2 Å². The highest BCUT2D eigenvalue weighted by Gasteiger charge is 2.76. The second-order valence-electron chi connectivity index (χ2n) is 13.6. The molecule has 2 saturated heterocycles. The Kier molecular flexibility index (Phi) is 7.28.